The lowest BCUT2D eigenvalue weighted by Gasteiger charge is -2.18. The first-order valence-electron chi connectivity index (χ1n) is 11.8. The Bertz CT molecular complexity index is 1420. The number of carbonyl (C=O) groups is 2. The van der Waals surface area contributed by atoms with Gasteiger partial charge in [-0.2, -0.15) is 0 Å². The number of hydrogen-bond donors (Lipinski definition) is 1. The standard InChI is InChI=1S/C29H28N2O8/c1-17(19-14-24(34-2)27(36-4)25(15-19)35-3)26(29(33)37-5)21(28(32)31-20-8-10-30-11-9-20)12-18-6-7-22-23(13-18)39-16-38-22/h6-15H,16H2,1-5H3,(H,30,31,32). The molecule has 0 unspecified atom stereocenters. The van der Waals surface area contributed by atoms with Gasteiger partial charge in [-0.25, -0.2) is 4.79 Å². The number of allylic oxidation sites excluding steroid dienone is 1. The lowest BCUT2D eigenvalue weighted by Crippen LogP contribution is -2.21. The zero-order valence-electron chi connectivity index (χ0n) is 22.2. The van der Waals surface area contributed by atoms with Crippen molar-refractivity contribution in [3.05, 3.63) is 77.1 Å². The van der Waals surface area contributed by atoms with E-state index in [1.807, 2.05) is 0 Å². The van der Waals surface area contributed by atoms with E-state index in [0.29, 0.717) is 51.1 Å². The minimum absolute atomic E-state index is 0.0380. The van der Waals surface area contributed by atoms with Crippen LogP contribution in [0.4, 0.5) is 5.69 Å². The van der Waals surface area contributed by atoms with Crippen molar-refractivity contribution in [3.8, 4) is 28.7 Å². The minimum atomic E-state index is -0.710. The molecular weight excluding hydrogens is 504 g/mol. The van der Waals surface area contributed by atoms with Gasteiger partial charge in [-0.1, -0.05) is 6.07 Å². The van der Waals surface area contributed by atoms with E-state index in [4.69, 9.17) is 28.4 Å². The first kappa shape index (κ1) is 27.1. The summed E-state index contributed by atoms with van der Waals surface area (Å²) in [5, 5.41) is 2.83. The second kappa shape index (κ2) is 12.0. The van der Waals surface area contributed by atoms with Gasteiger partial charge in [0.1, 0.15) is 0 Å². The average molecular weight is 533 g/mol. The number of aromatic nitrogens is 1. The molecule has 1 aliphatic rings. The van der Waals surface area contributed by atoms with Crippen LogP contribution in [-0.2, 0) is 14.3 Å². The minimum Gasteiger partial charge on any atom is -0.493 e. The van der Waals surface area contributed by atoms with Crippen molar-refractivity contribution < 1.29 is 38.0 Å². The van der Waals surface area contributed by atoms with Crippen LogP contribution in [0.25, 0.3) is 11.6 Å². The lowest BCUT2D eigenvalue weighted by molar-refractivity contribution is -0.136. The van der Waals surface area contributed by atoms with Gasteiger partial charge in [-0.3, -0.25) is 9.78 Å². The summed E-state index contributed by atoms with van der Waals surface area (Å²) in [6.07, 6.45) is 4.69. The Morgan fingerprint density at radius 2 is 1.56 bits per heavy atom. The van der Waals surface area contributed by atoms with E-state index in [9.17, 15) is 9.59 Å². The fourth-order valence-corrected chi connectivity index (χ4v) is 4.06. The largest absolute Gasteiger partial charge is 0.493 e. The van der Waals surface area contributed by atoms with Crippen molar-refractivity contribution in [2.45, 2.75) is 6.92 Å². The molecule has 10 heteroatoms. The SMILES string of the molecule is COC(=O)C(C(=Cc1ccc2c(c1)OCO2)C(=O)Nc1ccncc1)=C(C)c1cc(OC)c(OC)c(OC)c1. The second-order valence-corrected chi connectivity index (χ2v) is 8.27. The molecule has 1 amide bonds. The van der Waals surface area contributed by atoms with Crippen LogP contribution in [0.1, 0.15) is 18.1 Å². The van der Waals surface area contributed by atoms with Crippen LogP contribution < -0.4 is 29.0 Å². The predicted molar refractivity (Wildman–Crippen MR) is 144 cm³/mol. The van der Waals surface area contributed by atoms with Gasteiger partial charge in [-0.15, -0.1) is 0 Å². The van der Waals surface area contributed by atoms with Crippen molar-refractivity contribution in [1.29, 1.82) is 0 Å². The fraction of sp³-hybridized carbons (Fsp3) is 0.207. The molecule has 0 atom stereocenters. The normalized spacial score (nSPS) is 12.8. The van der Waals surface area contributed by atoms with Gasteiger partial charge in [0.05, 0.1) is 39.6 Å². The highest BCUT2D eigenvalue weighted by Crippen LogP contribution is 2.41. The third-order valence-electron chi connectivity index (χ3n) is 6.02. The molecule has 0 fully saturated rings. The summed E-state index contributed by atoms with van der Waals surface area (Å²) in [6.45, 7) is 1.81. The number of nitrogens with one attached hydrogen (secondary N) is 1. The average Bonchev–Trinajstić information content (AvgIpc) is 3.44. The molecule has 1 N–H and O–H groups in total. The summed E-state index contributed by atoms with van der Waals surface area (Å²) in [7, 11) is 5.74. The summed E-state index contributed by atoms with van der Waals surface area (Å²) in [6, 6.07) is 11.9. The molecule has 0 spiro atoms. The number of ether oxygens (including phenoxy) is 6. The van der Waals surface area contributed by atoms with E-state index in [1.54, 1.807) is 67.9 Å². The molecule has 39 heavy (non-hydrogen) atoms. The van der Waals surface area contributed by atoms with Gasteiger partial charge in [0, 0.05) is 18.1 Å². The first-order chi connectivity index (χ1) is 18.9. The van der Waals surface area contributed by atoms with Crippen LogP contribution in [0.2, 0.25) is 0 Å². The van der Waals surface area contributed by atoms with Crippen molar-refractivity contribution in [2.75, 3.05) is 40.5 Å². The lowest BCUT2D eigenvalue weighted by atomic mass is 9.93. The zero-order chi connectivity index (χ0) is 27.9. The van der Waals surface area contributed by atoms with Crippen molar-refractivity contribution >= 4 is 29.2 Å². The van der Waals surface area contributed by atoms with E-state index < -0.39 is 11.9 Å². The predicted octanol–water partition coefficient (Wildman–Crippen LogP) is 4.50. The molecule has 2 heterocycles. The van der Waals surface area contributed by atoms with Gasteiger partial charge in [0.2, 0.25) is 12.5 Å². The van der Waals surface area contributed by atoms with Crippen molar-refractivity contribution in [1.82, 2.24) is 4.98 Å². The molecule has 0 radical (unpaired) electrons. The Hall–Kier alpha value is -4.99. The van der Waals surface area contributed by atoms with Crippen molar-refractivity contribution in [3.63, 3.8) is 0 Å². The number of amides is 1. The van der Waals surface area contributed by atoms with Crippen LogP contribution >= 0.6 is 0 Å². The third kappa shape index (κ3) is 5.80. The number of benzene rings is 2. The highest BCUT2D eigenvalue weighted by atomic mass is 16.7. The number of anilines is 1. The number of esters is 1. The molecule has 10 nitrogen and oxygen atoms in total. The molecule has 0 saturated carbocycles. The second-order valence-electron chi connectivity index (χ2n) is 8.27. The molecule has 3 aromatic rings. The number of methoxy groups -OCH3 is 4. The van der Waals surface area contributed by atoms with Gasteiger partial charge in [-0.05, 0) is 66.1 Å². The van der Waals surface area contributed by atoms with E-state index >= 15 is 0 Å². The molecule has 0 saturated heterocycles. The van der Waals surface area contributed by atoms with Crippen LogP contribution in [0.15, 0.2) is 66.0 Å². The maximum Gasteiger partial charge on any atom is 0.338 e. The highest BCUT2D eigenvalue weighted by molar-refractivity contribution is 6.19. The molecule has 0 aliphatic carbocycles. The highest BCUT2D eigenvalue weighted by Gasteiger charge is 2.27. The van der Waals surface area contributed by atoms with Crippen LogP contribution in [0.5, 0.6) is 28.7 Å². The fourth-order valence-electron chi connectivity index (χ4n) is 4.06. The molecule has 0 bridgehead atoms. The van der Waals surface area contributed by atoms with Gasteiger partial charge in [0.25, 0.3) is 5.91 Å². The van der Waals surface area contributed by atoms with Gasteiger partial charge in [0.15, 0.2) is 23.0 Å². The molecule has 1 aromatic heterocycles. The first-order valence-corrected chi connectivity index (χ1v) is 11.8. The summed E-state index contributed by atoms with van der Waals surface area (Å²) >= 11 is 0. The third-order valence-corrected chi connectivity index (χ3v) is 6.02. The Morgan fingerprint density at radius 3 is 2.18 bits per heavy atom. The zero-order valence-corrected chi connectivity index (χ0v) is 22.2. The van der Waals surface area contributed by atoms with Gasteiger partial charge >= 0.3 is 5.97 Å². The quantitative estimate of drug-likeness (QED) is 0.242. The maximum absolute atomic E-state index is 13.7. The Balaban J connectivity index is 1.93. The molecule has 4 rings (SSSR count). The molecule has 1 aliphatic heterocycles. The number of fused-ring (bicyclic) bond motifs is 1. The van der Waals surface area contributed by atoms with Crippen LogP contribution in [-0.4, -0.2) is 52.1 Å². The van der Waals surface area contributed by atoms with Crippen molar-refractivity contribution in [2.24, 2.45) is 0 Å². The van der Waals surface area contributed by atoms with E-state index in [2.05, 4.69) is 10.3 Å². The molecular formula is C29H28N2O8. The number of nitrogens with zero attached hydrogens (tertiary/aromatic N) is 1. The maximum atomic E-state index is 13.7. The van der Waals surface area contributed by atoms with Crippen LogP contribution in [0, 0.1) is 0 Å². The summed E-state index contributed by atoms with van der Waals surface area (Å²) in [5.41, 5.74) is 2.20. The number of rotatable bonds is 9. The Labute approximate surface area is 225 Å². The van der Waals surface area contributed by atoms with E-state index in [-0.39, 0.29) is 17.9 Å². The number of hydrogen-bond acceptors (Lipinski definition) is 9. The number of carbonyl (C=O) groups excluding carboxylic acids is 2. The smallest absolute Gasteiger partial charge is 0.338 e. The topological polar surface area (TPSA) is 114 Å². The molecule has 202 valence electrons. The molecule has 2 aromatic carbocycles. The monoisotopic (exact) mass is 532 g/mol. The van der Waals surface area contributed by atoms with E-state index in [1.165, 1.54) is 28.4 Å². The summed E-state index contributed by atoms with van der Waals surface area (Å²) < 4.78 is 32.5. The van der Waals surface area contributed by atoms with Gasteiger partial charge < -0.3 is 33.7 Å². The summed E-state index contributed by atoms with van der Waals surface area (Å²) in [4.78, 5) is 31.0. The van der Waals surface area contributed by atoms with Crippen LogP contribution in [0.3, 0.4) is 0 Å². The Morgan fingerprint density at radius 1 is 0.897 bits per heavy atom. The van der Waals surface area contributed by atoms with E-state index in [0.717, 1.165) is 0 Å². The number of pyridine rings is 1. The Kier molecular flexibility index (Phi) is 8.35. The summed E-state index contributed by atoms with van der Waals surface area (Å²) in [5.74, 6) is 1.04.